The number of nitrogens with one attached hydrogen (secondary N) is 1. The first-order valence-electron chi connectivity index (χ1n) is 7.31. The predicted octanol–water partition coefficient (Wildman–Crippen LogP) is 2.88. The molecule has 0 saturated carbocycles. The molecule has 1 aromatic carbocycles. The minimum atomic E-state index is -0.342. The minimum Gasteiger partial charge on any atom is -0.491 e. The fourth-order valence-corrected chi connectivity index (χ4v) is 3.82. The van der Waals surface area contributed by atoms with Gasteiger partial charge >= 0.3 is 0 Å². The van der Waals surface area contributed by atoms with Crippen LogP contribution in [0.25, 0.3) is 0 Å². The van der Waals surface area contributed by atoms with Crippen molar-refractivity contribution in [2.45, 2.75) is 32.7 Å². The molecule has 1 fully saturated rings. The Balaban J connectivity index is 1.97. The fraction of sp³-hybridized carbons (Fsp3) is 0.562. The molecule has 1 aliphatic rings. The molecule has 0 spiro atoms. The summed E-state index contributed by atoms with van der Waals surface area (Å²) < 4.78 is 5.67. The van der Waals surface area contributed by atoms with E-state index in [1.165, 1.54) is 5.75 Å². The maximum Gasteiger partial charge on any atom is 0.220 e. The number of thioether (sulfide) groups is 1. The van der Waals surface area contributed by atoms with Gasteiger partial charge < -0.3 is 15.8 Å². The number of amides is 1. The predicted molar refractivity (Wildman–Crippen MR) is 88.9 cm³/mol. The average Bonchev–Trinajstić information content (AvgIpc) is 2.39. The first kappa shape index (κ1) is 16.0. The number of nitrogens with two attached hydrogens (primary N) is 1. The number of ether oxygens (including phenoxy) is 1. The Hall–Kier alpha value is -1.36. The van der Waals surface area contributed by atoms with Crippen molar-refractivity contribution in [2.75, 3.05) is 23.4 Å². The van der Waals surface area contributed by atoms with Crippen molar-refractivity contribution < 1.29 is 9.53 Å². The molecule has 0 aliphatic carbocycles. The van der Waals surface area contributed by atoms with Gasteiger partial charge in [0.1, 0.15) is 5.75 Å². The Bertz CT molecular complexity index is 491. The molecule has 116 valence electrons. The van der Waals surface area contributed by atoms with Crippen LogP contribution in [-0.4, -0.2) is 30.1 Å². The second kappa shape index (κ2) is 7.07. The summed E-state index contributed by atoms with van der Waals surface area (Å²) in [7, 11) is 0. The van der Waals surface area contributed by atoms with Gasteiger partial charge in [-0.2, -0.15) is 11.8 Å². The van der Waals surface area contributed by atoms with E-state index in [0.29, 0.717) is 18.1 Å². The smallest absolute Gasteiger partial charge is 0.220 e. The number of primary amides is 1. The normalized spacial score (nSPS) is 20.8. The molecule has 1 atom stereocenters. The standard InChI is InChI=1S/C16H24N2O2S/c1-16(2)9-12(10-21-11-16)18-13-5-3-4-6-14(13)20-8-7-15(17)19/h3-6,12,18H,7-11H2,1-2H3,(H2,17,19). The number of para-hydroxylation sites is 2. The van der Waals surface area contributed by atoms with Crippen molar-refractivity contribution in [1.29, 1.82) is 0 Å². The van der Waals surface area contributed by atoms with E-state index in [1.807, 2.05) is 36.0 Å². The Morgan fingerprint density at radius 1 is 1.48 bits per heavy atom. The van der Waals surface area contributed by atoms with Gasteiger partial charge in [0, 0.05) is 11.8 Å². The third-order valence-corrected chi connectivity index (χ3v) is 5.09. The van der Waals surface area contributed by atoms with Crippen molar-refractivity contribution >= 4 is 23.4 Å². The maximum atomic E-state index is 10.8. The number of anilines is 1. The molecule has 4 nitrogen and oxygen atoms in total. The number of benzene rings is 1. The molecule has 0 aromatic heterocycles. The van der Waals surface area contributed by atoms with Crippen LogP contribution in [0.1, 0.15) is 26.7 Å². The summed E-state index contributed by atoms with van der Waals surface area (Å²) in [6.45, 7) is 4.94. The Morgan fingerprint density at radius 2 is 2.24 bits per heavy atom. The van der Waals surface area contributed by atoms with Gasteiger partial charge in [0.25, 0.3) is 0 Å². The van der Waals surface area contributed by atoms with Crippen LogP contribution < -0.4 is 15.8 Å². The lowest BCUT2D eigenvalue weighted by Gasteiger charge is -2.35. The summed E-state index contributed by atoms with van der Waals surface area (Å²) in [5.74, 6) is 2.76. The van der Waals surface area contributed by atoms with E-state index >= 15 is 0 Å². The van der Waals surface area contributed by atoms with Crippen molar-refractivity contribution in [2.24, 2.45) is 11.1 Å². The highest BCUT2D eigenvalue weighted by atomic mass is 32.2. The van der Waals surface area contributed by atoms with E-state index in [4.69, 9.17) is 10.5 Å². The summed E-state index contributed by atoms with van der Waals surface area (Å²) >= 11 is 1.99. The first-order chi connectivity index (χ1) is 9.96. The lowest BCUT2D eigenvalue weighted by Crippen LogP contribution is -2.35. The fourth-order valence-electron chi connectivity index (χ4n) is 2.55. The van der Waals surface area contributed by atoms with Crippen LogP contribution in [0, 0.1) is 5.41 Å². The number of rotatable bonds is 6. The minimum absolute atomic E-state index is 0.237. The molecule has 1 amide bonds. The Morgan fingerprint density at radius 3 is 2.95 bits per heavy atom. The second-order valence-corrected chi connectivity index (χ2v) is 7.32. The second-order valence-electron chi connectivity index (χ2n) is 6.29. The SMILES string of the molecule is CC1(C)CSCC(Nc2ccccc2OCCC(N)=O)C1. The van der Waals surface area contributed by atoms with Crippen molar-refractivity contribution in [3.05, 3.63) is 24.3 Å². The van der Waals surface area contributed by atoms with Gasteiger partial charge in [0.05, 0.1) is 18.7 Å². The summed E-state index contributed by atoms with van der Waals surface area (Å²) in [5, 5.41) is 3.58. The van der Waals surface area contributed by atoms with E-state index in [1.54, 1.807) is 0 Å². The molecule has 1 aliphatic heterocycles. The van der Waals surface area contributed by atoms with Gasteiger partial charge in [-0.15, -0.1) is 0 Å². The van der Waals surface area contributed by atoms with Gasteiger partial charge in [-0.05, 0) is 29.7 Å². The van der Waals surface area contributed by atoms with Gasteiger partial charge in [0.2, 0.25) is 5.91 Å². The van der Waals surface area contributed by atoms with E-state index in [-0.39, 0.29) is 12.3 Å². The van der Waals surface area contributed by atoms with Crippen LogP contribution in [0.15, 0.2) is 24.3 Å². The molecule has 0 bridgehead atoms. The quantitative estimate of drug-likeness (QED) is 0.848. The zero-order valence-electron chi connectivity index (χ0n) is 12.7. The van der Waals surface area contributed by atoms with E-state index in [2.05, 4.69) is 19.2 Å². The van der Waals surface area contributed by atoms with Crippen molar-refractivity contribution in [1.82, 2.24) is 0 Å². The van der Waals surface area contributed by atoms with E-state index < -0.39 is 0 Å². The monoisotopic (exact) mass is 308 g/mol. The highest BCUT2D eigenvalue weighted by Crippen LogP contribution is 2.36. The van der Waals surface area contributed by atoms with Crippen LogP contribution in [0.5, 0.6) is 5.75 Å². The summed E-state index contributed by atoms with van der Waals surface area (Å²) in [5.41, 5.74) is 6.49. The van der Waals surface area contributed by atoms with Crippen LogP contribution in [0.2, 0.25) is 0 Å². The molecule has 1 aromatic rings. The van der Waals surface area contributed by atoms with Gasteiger partial charge in [-0.1, -0.05) is 26.0 Å². The maximum absolute atomic E-state index is 10.8. The average molecular weight is 308 g/mol. The molecule has 1 saturated heterocycles. The van der Waals surface area contributed by atoms with Gasteiger partial charge in [0.15, 0.2) is 0 Å². The summed E-state index contributed by atoms with van der Waals surface area (Å²) in [6.07, 6.45) is 1.39. The Kier molecular flexibility index (Phi) is 5.39. The Labute approximate surface area is 130 Å². The molecular formula is C16H24N2O2S. The molecule has 5 heteroatoms. The van der Waals surface area contributed by atoms with Crippen LogP contribution in [0.3, 0.4) is 0 Å². The molecular weight excluding hydrogens is 284 g/mol. The summed E-state index contributed by atoms with van der Waals surface area (Å²) in [6, 6.07) is 8.31. The molecule has 1 heterocycles. The van der Waals surface area contributed by atoms with Crippen LogP contribution in [0.4, 0.5) is 5.69 Å². The molecule has 1 unspecified atom stereocenters. The third-order valence-electron chi connectivity index (χ3n) is 3.46. The zero-order valence-corrected chi connectivity index (χ0v) is 13.5. The topological polar surface area (TPSA) is 64.3 Å². The lowest BCUT2D eigenvalue weighted by atomic mass is 9.88. The first-order valence-corrected chi connectivity index (χ1v) is 8.46. The van der Waals surface area contributed by atoms with Crippen molar-refractivity contribution in [3.8, 4) is 5.75 Å². The summed E-state index contributed by atoms with van der Waals surface area (Å²) in [4.78, 5) is 10.8. The van der Waals surface area contributed by atoms with Crippen LogP contribution in [-0.2, 0) is 4.79 Å². The number of hydrogen-bond donors (Lipinski definition) is 2. The number of carbonyl (C=O) groups excluding carboxylic acids is 1. The van der Waals surface area contributed by atoms with Gasteiger partial charge in [-0.3, -0.25) is 4.79 Å². The molecule has 3 N–H and O–H groups in total. The highest BCUT2D eigenvalue weighted by Gasteiger charge is 2.28. The van der Waals surface area contributed by atoms with Crippen LogP contribution >= 0.6 is 11.8 Å². The van der Waals surface area contributed by atoms with E-state index in [9.17, 15) is 4.79 Å². The molecule has 21 heavy (non-hydrogen) atoms. The highest BCUT2D eigenvalue weighted by molar-refractivity contribution is 7.99. The van der Waals surface area contributed by atoms with E-state index in [0.717, 1.165) is 23.6 Å². The van der Waals surface area contributed by atoms with Crippen molar-refractivity contribution in [3.63, 3.8) is 0 Å². The third kappa shape index (κ3) is 5.16. The van der Waals surface area contributed by atoms with Gasteiger partial charge in [-0.25, -0.2) is 0 Å². The molecule has 2 rings (SSSR count). The number of carbonyl (C=O) groups is 1. The zero-order chi connectivity index (χ0) is 15.3. The largest absolute Gasteiger partial charge is 0.491 e. The molecule has 0 radical (unpaired) electrons. The lowest BCUT2D eigenvalue weighted by molar-refractivity contribution is -0.118. The number of hydrogen-bond acceptors (Lipinski definition) is 4.